The number of hydrogen-bond donors (Lipinski definition) is 1. The molecule has 3 aliphatic heterocycles. The van der Waals surface area contributed by atoms with Crippen LogP contribution in [0.1, 0.15) is 19.8 Å². The Morgan fingerprint density at radius 2 is 1.62 bits per heavy atom. The fourth-order valence-corrected chi connectivity index (χ4v) is 3.57. The molecule has 2 amide bonds. The molecule has 3 fully saturated rings. The average molecular weight is 240 g/mol. The van der Waals surface area contributed by atoms with Crippen LogP contribution in [0, 0.1) is 5.92 Å². The third-order valence-corrected chi connectivity index (χ3v) is 4.30. The molecular weight excluding hydrogens is 224 g/mol. The minimum atomic E-state index is -0.225. The number of hydrogen-bond acceptors (Lipinski definition) is 3. The molecule has 4 unspecified atom stereocenters. The number of nitrogens with zero attached hydrogens (tertiary/aromatic N) is 2. The van der Waals surface area contributed by atoms with Crippen molar-refractivity contribution in [2.75, 3.05) is 13.1 Å². The van der Waals surface area contributed by atoms with Gasteiger partial charge in [0.15, 0.2) is 0 Å². The first-order valence-electron chi connectivity index (χ1n) is 5.87. The summed E-state index contributed by atoms with van der Waals surface area (Å²) in [6.07, 6.45) is 1.54. The minimum Gasteiger partial charge on any atom is -0.329 e. The highest BCUT2D eigenvalue weighted by atomic mass is 32.1. The highest BCUT2D eigenvalue weighted by Crippen LogP contribution is 2.35. The molecule has 0 aliphatic carbocycles. The lowest BCUT2D eigenvalue weighted by Crippen LogP contribution is -2.60. The Hall–Kier alpha value is -0.710. The highest BCUT2D eigenvalue weighted by Gasteiger charge is 2.52. The van der Waals surface area contributed by atoms with Crippen molar-refractivity contribution in [3.63, 3.8) is 0 Å². The Morgan fingerprint density at radius 3 is 2.31 bits per heavy atom. The van der Waals surface area contributed by atoms with Gasteiger partial charge < -0.3 is 9.80 Å². The molecule has 0 radical (unpaired) electrons. The van der Waals surface area contributed by atoms with Gasteiger partial charge in [0, 0.05) is 18.3 Å². The number of thiol groups is 1. The maximum Gasteiger partial charge on any atom is 0.246 e. The number of amides is 2. The predicted molar refractivity (Wildman–Crippen MR) is 62.2 cm³/mol. The van der Waals surface area contributed by atoms with Crippen molar-refractivity contribution in [3.05, 3.63) is 0 Å². The highest BCUT2D eigenvalue weighted by molar-refractivity contribution is 7.81. The van der Waals surface area contributed by atoms with E-state index in [-0.39, 0.29) is 29.1 Å². The summed E-state index contributed by atoms with van der Waals surface area (Å²) >= 11 is 4.39. The van der Waals surface area contributed by atoms with E-state index in [0.29, 0.717) is 18.9 Å². The van der Waals surface area contributed by atoms with Crippen LogP contribution in [-0.4, -0.2) is 52.0 Å². The minimum absolute atomic E-state index is 0.144. The quantitative estimate of drug-likeness (QED) is 0.612. The molecule has 88 valence electrons. The zero-order chi connectivity index (χ0) is 11.4. The Kier molecular flexibility index (Phi) is 2.21. The van der Waals surface area contributed by atoms with E-state index in [0.717, 1.165) is 13.0 Å². The number of rotatable bonds is 0. The van der Waals surface area contributed by atoms with Gasteiger partial charge in [-0.25, -0.2) is 0 Å². The molecular formula is C11H16N2O2S. The molecule has 0 aromatic heterocycles. The zero-order valence-electron chi connectivity index (χ0n) is 9.30. The second-order valence-corrected chi connectivity index (χ2v) is 5.97. The van der Waals surface area contributed by atoms with Gasteiger partial charge in [0.05, 0.1) is 0 Å². The van der Waals surface area contributed by atoms with E-state index in [9.17, 15) is 9.59 Å². The van der Waals surface area contributed by atoms with Gasteiger partial charge in [0.2, 0.25) is 11.8 Å². The van der Waals surface area contributed by atoms with Crippen LogP contribution in [0.5, 0.6) is 0 Å². The summed E-state index contributed by atoms with van der Waals surface area (Å²) in [6.45, 7) is 3.49. The second-order valence-electron chi connectivity index (χ2n) is 5.24. The molecule has 3 saturated heterocycles. The topological polar surface area (TPSA) is 40.6 Å². The maximum absolute atomic E-state index is 12.2. The Labute approximate surface area is 100 Å². The van der Waals surface area contributed by atoms with E-state index < -0.39 is 0 Å². The molecule has 16 heavy (non-hydrogen) atoms. The van der Waals surface area contributed by atoms with E-state index in [4.69, 9.17) is 0 Å². The summed E-state index contributed by atoms with van der Waals surface area (Å²) in [4.78, 5) is 28.0. The average Bonchev–Trinajstić information content (AvgIpc) is 2.78. The van der Waals surface area contributed by atoms with Gasteiger partial charge in [0.1, 0.15) is 12.1 Å². The monoisotopic (exact) mass is 240 g/mol. The van der Waals surface area contributed by atoms with Gasteiger partial charge in [-0.05, 0) is 18.8 Å². The first-order valence-corrected chi connectivity index (χ1v) is 6.38. The first kappa shape index (κ1) is 10.4. The van der Waals surface area contributed by atoms with Crippen molar-refractivity contribution in [3.8, 4) is 0 Å². The normalized spacial score (nSPS) is 42.6. The molecule has 0 saturated carbocycles. The third kappa shape index (κ3) is 1.30. The van der Waals surface area contributed by atoms with Crippen molar-refractivity contribution in [2.24, 2.45) is 5.92 Å². The first-order chi connectivity index (χ1) is 7.58. The summed E-state index contributed by atoms with van der Waals surface area (Å²) in [5.41, 5.74) is 0. The summed E-state index contributed by atoms with van der Waals surface area (Å²) in [5.74, 6) is 0.737. The van der Waals surface area contributed by atoms with E-state index in [1.165, 1.54) is 0 Å². The van der Waals surface area contributed by atoms with Crippen molar-refractivity contribution < 1.29 is 9.59 Å². The molecule has 3 heterocycles. The summed E-state index contributed by atoms with van der Waals surface area (Å²) in [6, 6.07) is -0.408. The van der Waals surface area contributed by atoms with Crippen molar-refractivity contribution in [2.45, 2.75) is 37.1 Å². The Morgan fingerprint density at radius 1 is 1.06 bits per heavy atom. The summed E-state index contributed by atoms with van der Waals surface area (Å²) in [7, 11) is 0. The maximum atomic E-state index is 12.2. The zero-order valence-corrected chi connectivity index (χ0v) is 10.2. The summed E-state index contributed by atoms with van der Waals surface area (Å²) in [5, 5.41) is 0.162. The lowest BCUT2D eigenvalue weighted by atomic mass is 10.0. The molecule has 0 aromatic carbocycles. The molecule has 3 rings (SSSR count). The van der Waals surface area contributed by atoms with E-state index in [1.54, 1.807) is 9.80 Å². The number of carbonyl (C=O) groups is 2. The SMILES string of the molecule is CC1CC2C(=O)N3CC(S)CC3C(=O)N2C1. The van der Waals surface area contributed by atoms with Crippen LogP contribution in [0.25, 0.3) is 0 Å². The molecule has 0 spiro atoms. The van der Waals surface area contributed by atoms with Crippen LogP contribution in [0.4, 0.5) is 0 Å². The molecule has 0 N–H and O–H groups in total. The molecule has 0 bridgehead atoms. The fourth-order valence-electron chi connectivity index (χ4n) is 3.20. The van der Waals surface area contributed by atoms with Crippen LogP contribution in [0.3, 0.4) is 0 Å². The second kappa shape index (κ2) is 3.39. The lowest BCUT2D eigenvalue weighted by Gasteiger charge is -2.38. The molecule has 4 atom stereocenters. The molecule has 4 nitrogen and oxygen atoms in total. The lowest BCUT2D eigenvalue weighted by molar-refractivity contribution is -0.156. The van der Waals surface area contributed by atoms with Crippen LogP contribution >= 0.6 is 12.6 Å². The van der Waals surface area contributed by atoms with Crippen LogP contribution in [0.2, 0.25) is 0 Å². The number of carbonyl (C=O) groups excluding carboxylic acids is 2. The van der Waals surface area contributed by atoms with Crippen LogP contribution in [-0.2, 0) is 9.59 Å². The van der Waals surface area contributed by atoms with E-state index >= 15 is 0 Å². The van der Waals surface area contributed by atoms with Gasteiger partial charge in [-0.2, -0.15) is 12.6 Å². The van der Waals surface area contributed by atoms with E-state index in [2.05, 4.69) is 19.6 Å². The van der Waals surface area contributed by atoms with Crippen molar-refractivity contribution >= 4 is 24.4 Å². The van der Waals surface area contributed by atoms with Gasteiger partial charge in [-0.15, -0.1) is 0 Å². The molecule has 3 aliphatic rings. The van der Waals surface area contributed by atoms with Crippen molar-refractivity contribution in [1.82, 2.24) is 9.80 Å². The smallest absolute Gasteiger partial charge is 0.246 e. The van der Waals surface area contributed by atoms with Gasteiger partial charge in [-0.1, -0.05) is 6.92 Å². The fraction of sp³-hybridized carbons (Fsp3) is 0.818. The number of fused-ring (bicyclic) bond motifs is 2. The third-order valence-electron chi connectivity index (χ3n) is 3.93. The van der Waals surface area contributed by atoms with Crippen molar-refractivity contribution in [1.29, 1.82) is 0 Å². The van der Waals surface area contributed by atoms with Gasteiger partial charge in [0.25, 0.3) is 0 Å². The Balaban J connectivity index is 1.92. The van der Waals surface area contributed by atoms with Gasteiger partial charge in [-0.3, -0.25) is 9.59 Å². The Bertz CT molecular complexity index is 298. The van der Waals surface area contributed by atoms with Gasteiger partial charge >= 0.3 is 0 Å². The number of piperazine rings is 1. The molecule has 0 aromatic rings. The standard InChI is InChI=1S/C11H16N2O2S/c1-6-2-8-10(14)13-5-7(16)3-9(13)11(15)12(8)4-6/h6-9,16H,2-5H2,1H3. The van der Waals surface area contributed by atoms with E-state index in [1.807, 2.05) is 0 Å². The summed E-state index contributed by atoms with van der Waals surface area (Å²) < 4.78 is 0. The van der Waals surface area contributed by atoms with Crippen LogP contribution in [0.15, 0.2) is 0 Å². The molecule has 5 heteroatoms. The predicted octanol–water partition coefficient (Wildman–Crippen LogP) is 0.136. The van der Waals surface area contributed by atoms with Crippen LogP contribution < -0.4 is 0 Å². The largest absolute Gasteiger partial charge is 0.329 e.